The molecular formula is C12H15BrO2. The molecule has 3 heteroatoms. The van der Waals surface area contributed by atoms with Crippen LogP contribution in [0.2, 0.25) is 0 Å². The van der Waals surface area contributed by atoms with Crippen LogP contribution >= 0.6 is 15.9 Å². The van der Waals surface area contributed by atoms with Crippen LogP contribution in [-0.2, 0) is 5.60 Å². The molecule has 82 valence electrons. The average Bonchev–Trinajstić information content (AvgIpc) is 2.90. The van der Waals surface area contributed by atoms with Crippen molar-refractivity contribution in [3.63, 3.8) is 0 Å². The molecule has 0 bridgehead atoms. The molecule has 1 aliphatic carbocycles. The van der Waals surface area contributed by atoms with Crippen LogP contribution in [0, 0.1) is 0 Å². The van der Waals surface area contributed by atoms with E-state index in [1.807, 2.05) is 18.2 Å². The minimum atomic E-state index is -0.845. The molecule has 0 unspecified atom stereocenters. The summed E-state index contributed by atoms with van der Waals surface area (Å²) >= 11 is 3.43. The predicted molar refractivity (Wildman–Crippen MR) is 63.0 cm³/mol. The van der Waals surface area contributed by atoms with Gasteiger partial charge in [0.25, 0.3) is 0 Å². The molecule has 1 aromatic rings. The molecule has 0 atom stereocenters. The summed E-state index contributed by atoms with van der Waals surface area (Å²) in [5, 5.41) is 9.96. The molecule has 0 aromatic heterocycles. The lowest BCUT2D eigenvalue weighted by Crippen LogP contribution is -2.16. The Morgan fingerprint density at radius 2 is 2.07 bits per heavy atom. The zero-order valence-electron chi connectivity index (χ0n) is 8.96. The van der Waals surface area contributed by atoms with Crippen molar-refractivity contribution in [2.45, 2.75) is 38.4 Å². The standard InChI is InChI=1S/C12H15BrO2/c1-12(2,14)10-7-9(5-6-11(10)13)15-8-3-4-8/h5-8,14H,3-4H2,1-2H3. The molecule has 1 aliphatic rings. The van der Waals surface area contributed by atoms with Crippen LogP contribution in [0.1, 0.15) is 32.3 Å². The Labute approximate surface area is 98.4 Å². The first-order valence-corrected chi connectivity index (χ1v) is 5.95. The minimum absolute atomic E-state index is 0.390. The third-order valence-corrected chi connectivity index (χ3v) is 3.12. The molecular weight excluding hydrogens is 256 g/mol. The van der Waals surface area contributed by atoms with E-state index in [4.69, 9.17) is 4.74 Å². The van der Waals surface area contributed by atoms with Crippen molar-refractivity contribution < 1.29 is 9.84 Å². The van der Waals surface area contributed by atoms with Gasteiger partial charge in [-0.3, -0.25) is 0 Å². The van der Waals surface area contributed by atoms with E-state index >= 15 is 0 Å². The summed E-state index contributed by atoms with van der Waals surface area (Å²) in [7, 11) is 0. The highest BCUT2D eigenvalue weighted by atomic mass is 79.9. The quantitative estimate of drug-likeness (QED) is 0.914. The van der Waals surface area contributed by atoms with Crippen molar-refractivity contribution >= 4 is 15.9 Å². The maximum atomic E-state index is 9.96. The first kappa shape index (κ1) is 11.0. The molecule has 1 fully saturated rings. The maximum absolute atomic E-state index is 9.96. The van der Waals surface area contributed by atoms with Crippen molar-refractivity contribution in [2.24, 2.45) is 0 Å². The largest absolute Gasteiger partial charge is 0.490 e. The van der Waals surface area contributed by atoms with Gasteiger partial charge in [0.2, 0.25) is 0 Å². The van der Waals surface area contributed by atoms with Crippen LogP contribution < -0.4 is 4.74 Å². The maximum Gasteiger partial charge on any atom is 0.120 e. The van der Waals surface area contributed by atoms with Gasteiger partial charge in [-0.2, -0.15) is 0 Å². The van der Waals surface area contributed by atoms with Gasteiger partial charge in [0.05, 0.1) is 11.7 Å². The Morgan fingerprint density at radius 3 is 2.60 bits per heavy atom. The van der Waals surface area contributed by atoms with Gasteiger partial charge in [-0.25, -0.2) is 0 Å². The third-order valence-electron chi connectivity index (χ3n) is 2.42. The second-order valence-corrected chi connectivity index (χ2v) is 5.37. The predicted octanol–water partition coefficient (Wildman–Crippen LogP) is 3.22. The molecule has 15 heavy (non-hydrogen) atoms. The van der Waals surface area contributed by atoms with E-state index in [1.165, 1.54) is 0 Å². The van der Waals surface area contributed by atoms with Gasteiger partial charge in [0.15, 0.2) is 0 Å². The van der Waals surface area contributed by atoms with Crippen molar-refractivity contribution in [1.82, 2.24) is 0 Å². The molecule has 0 radical (unpaired) electrons. The van der Waals surface area contributed by atoms with E-state index in [1.54, 1.807) is 13.8 Å². The summed E-state index contributed by atoms with van der Waals surface area (Å²) in [6.07, 6.45) is 2.68. The molecule has 2 rings (SSSR count). The Morgan fingerprint density at radius 1 is 1.40 bits per heavy atom. The number of hydrogen-bond acceptors (Lipinski definition) is 2. The van der Waals surface area contributed by atoms with Gasteiger partial charge in [0, 0.05) is 10.0 Å². The molecule has 1 saturated carbocycles. The molecule has 2 nitrogen and oxygen atoms in total. The van der Waals surface area contributed by atoms with Gasteiger partial charge in [0.1, 0.15) is 5.75 Å². The highest BCUT2D eigenvalue weighted by molar-refractivity contribution is 9.10. The molecule has 0 amide bonds. The number of benzene rings is 1. The molecule has 0 aliphatic heterocycles. The van der Waals surface area contributed by atoms with E-state index in [-0.39, 0.29) is 0 Å². The summed E-state index contributed by atoms with van der Waals surface area (Å²) in [5.74, 6) is 0.845. The SMILES string of the molecule is CC(C)(O)c1cc(OC2CC2)ccc1Br. The molecule has 1 N–H and O–H groups in total. The fourth-order valence-corrected chi connectivity index (χ4v) is 2.16. The van der Waals surface area contributed by atoms with Crippen molar-refractivity contribution in [1.29, 1.82) is 0 Å². The lowest BCUT2D eigenvalue weighted by Gasteiger charge is -2.20. The van der Waals surface area contributed by atoms with Crippen LogP contribution in [0.25, 0.3) is 0 Å². The van der Waals surface area contributed by atoms with E-state index < -0.39 is 5.60 Å². The van der Waals surface area contributed by atoms with Crippen molar-refractivity contribution in [2.75, 3.05) is 0 Å². The first-order valence-electron chi connectivity index (χ1n) is 5.16. The fraction of sp³-hybridized carbons (Fsp3) is 0.500. The Hall–Kier alpha value is -0.540. The monoisotopic (exact) mass is 270 g/mol. The number of halogens is 1. The van der Waals surface area contributed by atoms with E-state index in [9.17, 15) is 5.11 Å². The van der Waals surface area contributed by atoms with Gasteiger partial charge in [-0.1, -0.05) is 15.9 Å². The minimum Gasteiger partial charge on any atom is -0.490 e. The highest BCUT2D eigenvalue weighted by Crippen LogP contribution is 2.33. The molecule has 0 heterocycles. The zero-order valence-corrected chi connectivity index (χ0v) is 10.5. The number of rotatable bonds is 3. The van der Waals surface area contributed by atoms with Crippen molar-refractivity contribution in [3.8, 4) is 5.75 Å². The summed E-state index contributed by atoms with van der Waals surface area (Å²) in [5.41, 5.74) is 0.0162. The third kappa shape index (κ3) is 2.73. The van der Waals surface area contributed by atoms with E-state index in [2.05, 4.69) is 15.9 Å². The van der Waals surface area contributed by atoms with E-state index in [0.717, 1.165) is 28.6 Å². The molecule has 0 spiro atoms. The Balaban J connectivity index is 2.27. The van der Waals surface area contributed by atoms with Crippen LogP contribution in [-0.4, -0.2) is 11.2 Å². The highest BCUT2D eigenvalue weighted by Gasteiger charge is 2.25. The second-order valence-electron chi connectivity index (χ2n) is 4.52. The lowest BCUT2D eigenvalue weighted by atomic mass is 9.98. The Kier molecular flexibility index (Phi) is 2.77. The molecule has 1 aromatic carbocycles. The van der Waals surface area contributed by atoms with Crippen LogP contribution in [0.3, 0.4) is 0 Å². The van der Waals surface area contributed by atoms with Gasteiger partial charge in [-0.05, 0) is 44.9 Å². The first-order chi connectivity index (χ1) is 6.97. The van der Waals surface area contributed by atoms with Gasteiger partial charge in [-0.15, -0.1) is 0 Å². The van der Waals surface area contributed by atoms with Crippen LogP contribution in [0.15, 0.2) is 22.7 Å². The van der Waals surface area contributed by atoms with Crippen LogP contribution in [0.4, 0.5) is 0 Å². The fourth-order valence-electron chi connectivity index (χ4n) is 1.42. The topological polar surface area (TPSA) is 29.5 Å². The number of ether oxygens (including phenoxy) is 1. The second kappa shape index (κ2) is 3.80. The molecule has 0 saturated heterocycles. The van der Waals surface area contributed by atoms with Gasteiger partial charge < -0.3 is 9.84 Å². The zero-order chi connectivity index (χ0) is 11.1. The summed E-state index contributed by atoms with van der Waals surface area (Å²) in [4.78, 5) is 0. The van der Waals surface area contributed by atoms with Crippen molar-refractivity contribution in [3.05, 3.63) is 28.2 Å². The lowest BCUT2D eigenvalue weighted by molar-refractivity contribution is 0.0774. The van der Waals surface area contributed by atoms with Gasteiger partial charge >= 0.3 is 0 Å². The summed E-state index contributed by atoms with van der Waals surface area (Å²) < 4.78 is 6.60. The van der Waals surface area contributed by atoms with Crippen LogP contribution in [0.5, 0.6) is 5.75 Å². The van der Waals surface area contributed by atoms with E-state index in [0.29, 0.717) is 6.10 Å². The summed E-state index contributed by atoms with van der Waals surface area (Å²) in [6.45, 7) is 3.54. The number of hydrogen-bond donors (Lipinski definition) is 1. The smallest absolute Gasteiger partial charge is 0.120 e. The normalized spacial score (nSPS) is 16.5. The number of aliphatic hydroxyl groups is 1. The average molecular weight is 271 g/mol. The summed E-state index contributed by atoms with van der Waals surface area (Å²) in [6, 6.07) is 5.76. The Bertz CT molecular complexity index is 364.